The van der Waals surface area contributed by atoms with Crippen LogP contribution in [0.4, 0.5) is 4.39 Å². The first kappa shape index (κ1) is 19.3. The van der Waals surface area contributed by atoms with Gasteiger partial charge in [0, 0.05) is 21.5 Å². The number of ether oxygens (including phenoxy) is 1. The maximum atomic E-state index is 13.6. The molecule has 5 aromatic rings. The lowest BCUT2D eigenvalue weighted by molar-refractivity contribution is 0.485. The lowest BCUT2D eigenvalue weighted by Crippen LogP contribution is -1.97. The molecule has 0 atom stereocenters. The van der Waals surface area contributed by atoms with E-state index in [0.29, 0.717) is 22.2 Å². The fourth-order valence-electron chi connectivity index (χ4n) is 3.61. The minimum Gasteiger partial charge on any atom is -0.454 e. The van der Waals surface area contributed by atoms with Gasteiger partial charge in [-0.05, 0) is 60.2 Å². The summed E-state index contributed by atoms with van der Waals surface area (Å²) in [6.45, 7) is 0. The van der Waals surface area contributed by atoms with Gasteiger partial charge in [0.15, 0.2) is 5.75 Å². The van der Waals surface area contributed by atoms with Crippen LogP contribution in [0, 0.1) is 5.82 Å². The SMILES string of the molecule is Fc1ccc(-c2nc3ccccc3c(-c3ccccc3)c2Oc2ccc(Cl)cc2)cc1. The molecule has 0 spiro atoms. The number of hydrogen-bond acceptors (Lipinski definition) is 2. The molecule has 1 aromatic heterocycles. The van der Waals surface area contributed by atoms with Crippen LogP contribution in [-0.4, -0.2) is 4.98 Å². The van der Waals surface area contributed by atoms with Crippen LogP contribution >= 0.6 is 11.6 Å². The molecule has 31 heavy (non-hydrogen) atoms. The largest absolute Gasteiger partial charge is 0.454 e. The number of halogens is 2. The minimum atomic E-state index is -0.298. The molecule has 0 bridgehead atoms. The molecule has 0 fully saturated rings. The first-order chi connectivity index (χ1) is 15.2. The molecule has 0 saturated heterocycles. The first-order valence-electron chi connectivity index (χ1n) is 9.86. The highest BCUT2D eigenvalue weighted by atomic mass is 35.5. The molecule has 150 valence electrons. The second kappa shape index (κ2) is 8.21. The van der Waals surface area contributed by atoms with Crippen LogP contribution in [0.25, 0.3) is 33.3 Å². The van der Waals surface area contributed by atoms with Crippen molar-refractivity contribution in [1.82, 2.24) is 4.98 Å². The molecule has 2 nitrogen and oxygen atoms in total. The van der Waals surface area contributed by atoms with Crippen molar-refractivity contribution in [2.45, 2.75) is 0 Å². The van der Waals surface area contributed by atoms with E-state index in [2.05, 4.69) is 0 Å². The van der Waals surface area contributed by atoms with E-state index in [1.165, 1.54) is 12.1 Å². The van der Waals surface area contributed by atoms with Gasteiger partial charge in [-0.2, -0.15) is 0 Å². The van der Waals surface area contributed by atoms with E-state index in [1.54, 1.807) is 24.3 Å². The van der Waals surface area contributed by atoms with Gasteiger partial charge in [0.25, 0.3) is 0 Å². The number of pyridine rings is 1. The van der Waals surface area contributed by atoms with Crippen molar-refractivity contribution in [3.8, 4) is 33.9 Å². The Morgan fingerprint density at radius 2 is 1.35 bits per heavy atom. The van der Waals surface area contributed by atoms with Gasteiger partial charge < -0.3 is 4.74 Å². The molecule has 1 heterocycles. The fraction of sp³-hybridized carbons (Fsp3) is 0. The van der Waals surface area contributed by atoms with Crippen LogP contribution in [0.3, 0.4) is 0 Å². The Kier molecular flexibility index (Phi) is 5.11. The maximum absolute atomic E-state index is 13.6. The average Bonchev–Trinajstić information content (AvgIpc) is 2.81. The average molecular weight is 426 g/mol. The summed E-state index contributed by atoms with van der Waals surface area (Å²) in [6.07, 6.45) is 0. The molecule has 0 aliphatic heterocycles. The Labute approximate surface area is 184 Å². The number of benzene rings is 4. The molecule has 0 aliphatic carbocycles. The lowest BCUT2D eigenvalue weighted by atomic mass is 9.96. The molecule has 5 rings (SSSR count). The molecular weight excluding hydrogens is 409 g/mol. The monoisotopic (exact) mass is 425 g/mol. The molecule has 0 saturated carbocycles. The molecule has 0 aliphatic rings. The van der Waals surface area contributed by atoms with Crippen molar-refractivity contribution in [2.75, 3.05) is 0 Å². The van der Waals surface area contributed by atoms with Crippen molar-refractivity contribution in [2.24, 2.45) is 0 Å². The highest BCUT2D eigenvalue weighted by Gasteiger charge is 2.20. The van der Waals surface area contributed by atoms with Gasteiger partial charge in [0.1, 0.15) is 17.3 Å². The topological polar surface area (TPSA) is 22.1 Å². The number of aromatic nitrogens is 1. The highest BCUT2D eigenvalue weighted by molar-refractivity contribution is 6.30. The number of rotatable bonds is 4. The van der Waals surface area contributed by atoms with E-state index in [1.807, 2.05) is 66.7 Å². The minimum absolute atomic E-state index is 0.298. The Hall–Kier alpha value is -3.69. The quantitative estimate of drug-likeness (QED) is 0.290. The third-order valence-corrected chi connectivity index (χ3v) is 5.31. The first-order valence-corrected chi connectivity index (χ1v) is 10.2. The summed E-state index contributed by atoms with van der Waals surface area (Å²) in [5.74, 6) is 0.953. The van der Waals surface area contributed by atoms with Gasteiger partial charge >= 0.3 is 0 Å². The Morgan fingerprint density at radius 1 is 0.677 bits per heavy atom. The van der Waals surface area contributed by atoms with E-state index in [-0.39, 0.29) is 5.82 Å². The summed E-state index contributed by atoms with van der Waals surface area (Å²) in [4.78, 5) is 4.90. The van der Waals surface area contributed by atoms with Crippen LogP contribution < -0.4 is 4.74 Å². The summed E-state index contributed by atoms with van der Waals surface area (Å²) in [6, 6.07) is 31.5. The van der Waals surface area contributed by atoms with E-state index >= 15 is 0 Å². The smallest absolute Gasteiger partial charge is 0.162 e. The Morgan fingerprint density at radius 3 is 2.10 bits per heavy atom. The third-order valence-electron chi connectivity index (χ3n) is 5.06. The molecule has 0 amide bonds. The van der Waals surface area contributed by atoms with Crippen LogP contribution in [0.15, 0.2) is 103 Å². The molecule has 0 N–H and O–H groups in total. The highest BCUT2D eigenvalue weighted by Crippen LogP contribution is 2.44. The van der Waals surface area contributed by atoms with Gasteiger partial charge in [-0.25, -0.2) is 9.37 Å². The number of fused-ring (bicyclic) bond motifs is 1. The van der Waals surface area contributed by atoms with Crippen molar-refractivity contribution in [3.63, 3.8) is 0 Å². The molecule has 4 aromatic carbocycles. The van der Waals surface area contributed by atoms with Crippen LogP contribution in [0.5, 0.6) is 11.5 Å². The van der Waals surface area contributed by atoms with Gasteiger partial charge in [-0.1, -0.05) is 60.1 Å². The summed E-state index contributed by atoms with van der Waals surface area (Å²) >= 11 is 6.06. The van der Waals surface area contributed by atoms with Crippen LogP contribution in [0.2, 0.25) is 5.02 Å². The maximum Gasteiger partial charge on any atom is 0.162 e. The van der Waals surface area contributed by atoms with Gasteiger partial charge in [-0.3, -0.25) is 0 Å². The van der Waals surface area contributed by atoms with Gasteiger partial charge in [0.2, 0.25) is 0 Å². The summed E-state index contributed by atoms with van der Waals surface area (Å²) < 4.78 is 20.0. The van der Waals surface area contributed by atoms with E-state index in [9.17, 15) is 4.39 Å². The summed E-state index contributed by atoms with van der Waals surface area (Å²) in [5, 5.41) is 1.61. The number of nitrogens with zero attached hydrogens (tertiary/aromatic N) is 1. The third kappa shape index (κ3) is 3.88. The number of hydrogen-bond donors (Lipinski definition) is 0. The normalized spacial score (nSPS) is 10.9. The molecule has 0 unspecified atom stereocenters. The molecular formula is C27H17ClFNO. The second-order valence-corrected chi connectivity index (χ2v) is 7.55. The van der Waals surface area contributed by atoms with Crippen LogP contribution in [0.1, 0.15) is 0 Å². The van der Waals surface area contributed by atoms with Crippen molar-refractivity contribution >= 4 is 22.5 Å². The van der Waals surface area contributed by atoms with Crippen molar-refractivity contribution in [1.29, 1.82) is 0 Å². The zero-order valence-electron chi connectivity index (χ0n) is 16.4. The van der Waals surface area contributed by atoms with Crippen molar-refractivity contribution in [3.05, 3.63) is 114 Å². The fourth-order valence-corrected chi connectivity index (χ4v) is 3.74. The van der Waals surface area contributed by atoms with E-state index < -0.39 is 0 Å². The molecule has 4 heteroatoms. The van der Waals surface area contributed by atoms with E-state index in [0.717, 1.165) is 27.6 Å². The zero-order chi connectivity index (χ0) is 21.2. The second-order valence-electron chi connectivity index (χ2n) is 7.11. The standard InChI is InChI=1S/C27H17ClFNO/c28-20-12-16-22(17-13-20)31-27-25(18-6-2-1-3-7-18)23-8-4-5-9-24(23)30-26(27)19-10-14-21(29)15-11-19/h1-17H. The Balaban J connectivity index is 1.83. The number of para-hydroxylation sites is 1. The predicted molar refractivity (Wildman–Crippen MR) is 124 cm³/mol. The van der Waals surface area contributed by atoms with Gasteiger partial charge in [-0.15, -0.1) is 0 Å². The van der Waals surface area contributed by atoms with Gasteiger partial charge in [0.05, 0.1) is 5.52 Å². The summed E-state index contributed by atoms with van der Waals surface area (Å²) in [7, 11) is 0. The lowest BCUT2D eigenvalue weighted by Gasteiger charge is -2.18. The summed E-state index contributed by atoms with van der Waals surface area (Å²) in [5.41, 5.74) is 4.19. The predicted octanol–water partition coefficient (Wildman–Crippen LogP) is 8.15. The van der Waals surface area contributed by atoms with Crippen molar-refractivity contribution < 1.29 is 9.13 Å². The molecule has 0 radical (unpaired) electrons. The Bertz CT molecular complexity index is 1350. The van der Waals surface area contributed by atoms with E-state index in [4.69, 9.17) is 21.3 Å². The zero-order valence-corrected chi connectivity index (χ0v) is 17.2. The van der Waals surface area contributed by atoms with Crippen LogP contribution in [-0.2, 0) is 0 Å².